The molecular formula is C21H22N4O3S4. The molecule has 1 amide bonds. The third-order valence-corrected chi connectivity index (χ3v) is 9.64. The van der Waals surface area contributed by atoms with Crippen molar-refractivity contribution >= 4 is 61.1 Å². The third kappa shape index (κ3) is 4.14. The van der Waals surface area contributed by atoms with Crippen LogP contribution in [-0.4, -0.2) is 35.9 Å². The first-order valence-corrected chi connectivity index (χ1v) is 13.9. The molecule has 3 heterocycles. The molecule has 1 saturated heterocycles. The monoisotopic (exact) mass is 506 g/mol. The lowest BCUT2D eigenvalue weighted by Gasteiger charge is -2.19. The van der Waals surface area contributed by atoms with E-state index in [-0.39, 0.29) is 16.0 Å². The van der Waals surface area contributed by atoms with Crippen molar-refractivity contribution in [3.05, 3.63) is 61.9 Å². The number of carbonyl (C=O) groups excluding carboxylic acids is 1. The number of thioether (sulfide) groups is 2. The van der Waals surface area contributed by atoms with Crippen LogP contribution < -0.4 is 4.90 Å². The number of hydrogen-bond donors (Lipinski definition) is 0. The summed E-state index contributed by atoms with van der Waals surface area (Å²) in [5.41, 5.74) is 2.04. The van der Waals surface area contributed by atoms with Crippen molar-refractivity contribution < 1.29 is 13.2 Å². The Labute approximate surface area is 200 Å². The van der Waals surface area contributed by atoms with Crippen molar-refractivity contribution in [1.29, 1.82) is 0 Å². The van der Waals surface area contributed by atoms with Crippen LogP contribution >= 0.6 is 34.9 Å². The van der Waals surface area contributed by atoms with Crippen LogP contribution in [0.25, 0.3) is 0 Å². The van der Waals surface area contributed by atoms with Gasteiger partial charge in [-0.2, -0.15) is 8.42 Å². The Morgan fingerprint density at radius 3 is 2.41 bits per heavy atom. The molecule has 32 heavy (non-hydrogen) atoms. The number of thiazole rings is 1. The minimum absolute atomic E-state index is 0.111. The predicted molar refractivity (Wildman–Crippen MR) is 133 cm³/mol. The van der Waals surface area contributed by atoms with Gasteiger partial charge in [0.05, 0.1) is 4.90 Å². The first-order chi connectivity index (χ1) is 15.3. The van der Waals surface area contributed by atoms with Crippen LogP contribution in [0.2, 0.25) is 0 Å². The van der Waals surface area contributed by atoms with Crippen LogP contribution in [0.15, 0.2) is 65.7 Å². The van der Waals surface area contributed by atoms with Gasteiger partial charge >= 0.3 is 0 Å². The van der Waals surface area contributed by atoms with Gasteiger partial charge < -0.3 is 0 Å². The minimum atomic E-state index is -3.95. The topological polar surface area (TPSA) is 82.9 Å². The number of allylic oxidation sites excluding steroid dienone is 2. The maximum atomic E-state index is 13.3. The average Bonchev–Trinajstić information content (AvgIpc) is 3.47. The van der Waals surface area contributed by atoms with E-state index >= 15 is 0 Å². The number of anilines is 1. The Balaban J connectivity index is 1.74. The highest BCUT2D eigenvalue weighted by atomic mass is 32.2. The first kappa shape index (κ1) is 23.1. The molecule has 0 saturated carbocycles. The van der Waals surface area contributed by atoms with Crippen molar-refractivity contribution in [2.45, 2.75) is 39.0 Å². The van der Waals surface area contributed by atoms with E-state index in [1.54, 1.807) is 37.4 Å². The molecule has 0 spiro atoms. The zero-order chi connectivity index (χ0) is 23.0. The minimum Gasteiger partial charge on any atom is -0.286 e. The van der Waals surface area contributed by atoms with E-state index < -0.39 is 10.0 Å². The van der Waals surface area contributed by atoms with Crippen LogP contribution in [0.3, 0.4) is 0 Å². The number of amides is 1. The predicted octanol–water partition coefficient (Wildman–Crippen LogP) is 5.02. The van der Waals surface area contributed by atoms with Gasteiger partial charge in [0.15, 0.2) is 10.3 Å². The molecule has 1 fully saturated rings. The first-order valence-electron chi connectivity index (χ1n) is 9.99. The molecule has 4 rings (SSSR count). The summed E-state index contributed by atoms with van der Waals surface area (Å²) in [6, 6.07) is 6.68. The Morgan fingerprint density at radius 1 is 1.09 bits per heavy atom. The van der Waals surface area contributed by atoms with E-state index in [9.17, 15) is 13.2 Å². The highest BCUT2D eigenvalue weighted by Crippen LogP contribution is 2.49. The maximum absolute atomic E-state index is 13.3. The fourth-order valence-corrected chi connectivity index (χ4v) is 7.46. The number of amidine groups is 1. The van der Waals surface area contributed by atoms with Gasteiger partial charge in [0.1, 0.15) is 9.93 Å². The summed E-state index contributed by atoms with van der Waals surface area (Å²) >= 11 is 4.07. The van der Waals surface area contributed by atoms with Crippen LogP contribution in [-0.2, 0) is 21.2 Å². The number of aromatic nitrogens is 1. The molecule has 2 aliphatic heterocycles. The smallest absolute Gasteiger partial charge is 0.284 e. The van der Waals surface area contributed by atoms with Crippen molar-refractivity contribution in [3.8, 4) is 0 Å². The second-order valence-corrected chi connectivity index (χ2v) is 11.7. The summed E-state index contributed by atoms with van der Waals surface area (Å²) in [5, 5.41) is 3.55. The second-order valence-electron chi connectivity index (χ2n) is 7.03. The molecular weight excluding hydrogens is 485 g/mol. The number of hydrogen-bond acceptors (Lipinski definition) is 8. The van der Waals surface area contributed by atoms with Gasteiger partial charge in [0.2, 0.25) is 0 Å². The molecule has 7 nitrogen and oxygen atoms in total. The van der Waals surface area contributed by atoms with Crippen molar-refractivity contribution in [2.75, 3.05) is 11.4 Å². The fourth-order valence-electron chi connectivity index (χ4n) is 3.21. The molecule has 0 N–H and O–H groups in total. The fraction of sp³-hybridized carbons (Fsp3) is 0.286. The molecule has 0 atom stereocenters. The molecule has 11 heteroatoms. The van der Waals surface area contributed by atoms with Crippen LogP contribution in [0.5, 0.6) is 0 Å². The molecule has 2 aromatic rings. The zero-order valence-electron chi connectivity index (χ0n) is 18.0. The van der Waals surface area contributed by atoms with Gasteiger partial charge in [-0.3, -0.25) is 14.6 Å². The van der Waals surface area contributed by atoms with Crippen molar-refractivity contribution in [2.24, 2.45) is 4.40 Å². The molecule has 0 aliphatic carbocycles. The van der Waals surface area contributed by atoms with E-state index in [1.165, 1.54) is 28.0 Å². The van der Waals surface area contributed by atoms with Crippen molar-refractivity contribution in [3.63, 3.8) is 0 Å². The lowest BCUT2D eigenvalue weighted by molar-refractivity contribution is -0.122. The number of benzene rings is 1. The Hall–Kier alpha value is -2.08. The Bertz CT molecular complexity index is 1250. The standard InChI is InChI=1S/C21H22N4O3S4/c1-5-15-7-9-16(10-8-15)32(27,28)23-21-24(6-2)18(26)17(31-21)19-25(13(3)14(4)30-19)20-22-11-12-29-20/h7-12H,5-6H2,1-4H3/b19-17+,23-21+. The summed E-state index contributed by atoms with van der Waals surface area (Å²) in [6.45, 7) is 8.11. The quantitative estimate of drug-likeness (QED) is 0.527. The highest BCUT2D eigenvalue weighted by Gasteiger charge is 2.40. The number of likely N-dealkylation sites (N-methyl/N-ethyl adjacent to an activating group) is 1. The van der Waals surface area contributed by atoms with Gasteiger partial charge in [0, 0.05) is 28.7 Å². The number of sulfonamides is 1. The van der Waals surface area contributed by atoms with Crippen LogP contribution in [0, 0.1) is 0 Å². The summed E-state index contributed by atoms with van der Waals surface area (Å²) in [7, 11) is -3.95. The van der Waals surface area contributed by atoms with Gasteiger partial charge in [0.25, 0.3) is 15.9 Å². The van der Waals surface area contributed by atoms with Gasteiger partial charge in [-0.05, 0) is 56.7 Å². The van der Waals surface area contributed by atoms with Gasteiger partial charge in [-0.1, -0.05) is 30.8 Å². The molecule has 2 aliphatic rings. The normalized spacial score (nSPS) is 20.9. The third-order valence-electron chi connectivity index (χ3n) is 5.11. The average molecular weight is 507 g/mol. The molecule has 0 unspecified atom stereocenters. The largest absolute Gasteiger partial charge is 0.286 e. The summed E-state index contributed by atoms with van der Waals surface area (Å²) in [6.07, 6.45) is 2.54. The van der Waals surface area contributed by atoms with E-state index in [0.29, 0.717) is 11.4 Å². The lowest BCUT2D eigenvalue weighted by atomic mass is 10.2. The number of rotatable bonds is 5. The van der Waals surface area contributed by atoms with Gasteiger partial charge in [-0.25, -0.2) is 4.98 Å². The van der Waals surface area contributed by atoms with E-state index in [1.807, 2.05) is 31.1 Å². The molecule has 0 radical (unpaired) electrons. The number of nitrogens with zero attached hydrogens (tertiary/aromatic N) is 4. The van der Waals surface area contributed by atoms with Crippen LogP contribution in [0.4, 0.5) is 5.13 Å². The van der Waals surface area contributed by atoms with E-state index in [4.69, 9.17) is 0 Å². The molecule has 1 aromatic carbocycles. The molecule has 168 valence electrons. The Morgan fingerprint density at radius 2 is 1.81 bits per heavy atom. The Kier molecular flexibility index (Phi) is 6.53. The summed E-state index contributed by atoms with van der Waals surface area (Å²) < 4.78 is 30.0. The zero-order valence-corrected chi connectivity index (χ0v) is 21.3. The van der Waals surface area contributed by atoms with Crippen LogP contribution in [0.1, 0.15) is 33.3 Å². The molecule has 1 aromatic heterocycles. The maximum Gasteiger partial charge on any atom is 0.284 e. The van der Waals surface area contributed by atoms with Gasteiger partial charge in [-0.15, -0.1) is 15.7 Å². The number of carbonyl (C=O) groups is 1. The van der Waals surface area contributed by atoms with Crippen molar-refractivity contribution in [1.82, 2.24) is 9.88 Å². The highest BCUT2D eigenvalue weighted by molar-refractivity contribution is 8.20. The molecule has 0 bridgehead atoms. The summed E-state index contributed by atoms with van der Waals surface area (Å²) in [5.74, 6) is -0.251. The number of aryl methyl sites for hydroxylation is 1. The summed E-state index contributed by atoms with van der Waals surface area (Å²) in [4.78, 5) is 22.7. The van der Waals surface area contributed by atoms with E-state index in [0.717, 1.165) is 44.5 Å². The SMILES string of the molecule is CCc1ccc(S(=O)(=O)/N=C2/S/C(=C3/SC(C)=C(C)N3c3nccs3)C(=O)N2CC)cc1. The van der Waals surface area contributed by atoms with E-state index in [2.05, 4.69) is 9.38 Å². The second kappa shape index (κ2) is 9.05. The lowest BCUT2D eigenvalue weighted by Crippen LogP contribution is -2.30.